The van der Waals surface area contributed by atoms with Crippen molar-refractivity contribution in [3.63, 3.8) is 0 Å². The van der Waals surface area contributed by atoms with Crippen LogP contribution in [0.5, 0.6) is 5.75 Å². The minimum absolute atomic E-state index is 0.0585. The van der Waals surface area contributed by atoms with Crippen LogP contribution in [0.15, 0.2) is 24.3 Å². The molecule has 2 N–H and O–H groups in total. The van der Waals surface area contributed by atoms with Crippen LogP contribution in [-0.4, -0.2) is 32.1 Å². The van der Waals surface area contributed by atoms with Gasteiger partial charge in [0.05, 0.1) is 13.5 Å². The Bertz CT molecular complexity index is 387. The van der Waals surface area contributed by atoms with Crippen LogP contribution < -0.4 is 15.4 Å². The van der Waals surface area contributed by atoms with Gasteiger partial charge in [-0.15, -0.1) is 0 Å². The summed E-state index contributed by atoms with van der Waals surface area (Å²) in [6, 6.07) is 7.89. The molecule has 0 radical (unpaired) electrons. The van der Waals surface area contributed by atoms with E-state index >= 15 is 0 Å². The smallest absolute Gasteiger partial charge is 0.224 e. The Hall–Kier alpha value is -1.55. The summed E-state index contributed by atoms with van der Waals surface area (Å²) in [4.78, 5) is 11.8. The number of hydrogen-bond donors (Lipinski definition) is 2. The van der Waals surface area contributed by atoms with Crippen molar-refractivity contribution < 1.29 is 9.53 Å². The molecule has 1 heterocycles. The lowest BCUT2D eigenvalue weighted by atomic mass is 10.1. The van der Waals surface area contributed by atoms with Gasteiger partial charge in [0.25, 0.3) is 0 Å². The molecule has 1 aliphatic heterocycles. The lowest BCUT2D eigenvalue weighted by Crippen LogP contribution is -2.37. The number of hydrogen-bond acceptors (Lipinski definition) is 3. The topological polar surface area (TPSA) is 50.4 Å². The molecular weight excluding hydrogens is 216 g/mol. The molecule has 0 aliphatic carbocycles. The van der Waals surface area contributed by atoms with Gasteiger partial charge in [0.15, 0.2) is 0 Å². The van der Waals surface area contributed by atoms with E-state index in [-0.39, 0.29) is 11.9 Å². The Morgan fingerprint density at radius 2 is 2.35 bits per heavy atom. The predicted molar refractivity (Wildman–Crippen MR) is 66.1 cm³/mol. The van der Waals surface area contributed by atoms with Crippen molar-refractivity contribution in [3.8, 4) is 5.75 Å². The molecule has 1 atom stereocenters. The van der Waals surface area contributed by atoms with Gasteiger partial charge in [0, 0.05) is 18.2 Å². The number of rotatable bonds is 4. The third-order valence-corrected chi connectivity index (χ3v) is 2.97. The SMILES string of the molecule is COc1ccccc1CC(=O)N[C@H]1CCNC1. The summed E-state index contributed by atoms with van der Waals surface area (Å²) in [6.07, 6.45) is 1.39. The molecule has 4 heteroatoms. The maximum absolute atomic E-state index is 11.8. The second-order valence-electron chi connectivity index (χ2n) is 4.25. The summed E-state index contributed by atoms with van der Waals surface area (Å²) >= 11 is 0. The fourth-order valence-corrected chi connectivity index (χ4v) is 2.08. The Labute approximate surface area is 101 Å². The lowest BCUT2D eigenvalue weighted by molar-refractivity contribution is -0.121. The monoisotopic (exact) mass is 234 g/mol. The Morgan fingerprint density at radius 1 is 1.53 bits per heavy atom. The third kappa shape index (κ3) is 3.20. The van der Waals surface area contributed by atoms with Crippen molar-refractivity contribution >= 4 is 5.91 Å². The average Bonchev–Trinajstić information content (AvgIpc) is 2.82. The van der Waals surface area contributed by atoms with Crippen LogP contribution in [0.2, 0.25) is 0 Å². The van der Waals surface area contributed by atoms with Gasteiger partial charge < -0.3 is 15.4 Å². The highest BCUT2D eigenvalue weighted by Crippen LogP contribution is 2.17. The standard InChI is InChI=1S/C13H18N2O2/c1-17-12-5-3-2-4-10(12)8-13(16)15-11-6-7-14-9-11/h2-5,11,14H,6-9H2,1H3,(H,15,16)/t11-/m0/s1. The molecule has 0 bridgehead atoms. The van der Waals surface area contributed by atoms with Gasteiger partial charge in [0.1, 0.15) is 5.75 Å². The van der Waals surface area contributed by atoms with Crippen LogP contribution in [0.4, 0.5) is 0 Å². The predicted octanol–water partition coefficient (Wildman–Crippen LogP) is 0.716. The largest absolute Gasteiger partial charge is 0.496 e. The quantitative estimate of drug-likeness (QED) is 0.807. The van der Waals surface area contributed by atoms with Gasteiger partial charge in [-0.05, 0) is 19.0 Å². The first-order valence-corrected chi connectivity index (χ1v) is 5.91. The van der Waals surface area contributed by atoms with Crippen LogP contribution in [0.1, 0.15) is 12.0 Å². The minimum atomic E-state index is 0.0585. The zero-order valence-electron chi connectivity index (χ0n) is 10.0. The number of carbonyl (C=O) groups excluding carboxylic acids is 1. The van der Waals surface area contributed by atoms with Crippen LogP contribution in [0, 0.1) is 0 Å². The first-order chi connectivity index (χ1) is 8.29. The van der Waals surface area contributed by atoms with E-state index in [0.29, 0.717) is 6.42 Å². The first-order valence-electron chi connectivity index (χ1n) is 5.91. The van der Waals surface area contributed by atoms with E-state index in [0.717, 1.165) is 30.8 Å². The molecule has 1 fully saturated rings. The number of nitrogens with one attached hydrogen (secondary N) is 2. The summed E-state index contributed by atoms with van der Waals surface area (Å²) in [5.74, 6) is 0.829. The Balaban J connectivity index is 1.92. The highest BCUT2D eigenvalue weighted by Gasteiger charge is 2.17. The zero-order valence-corrected chi connectivity index (χ0v) is 10.0. The molecule has 1 amide bonds. The van der Waals surface area contributed by atoms with Gasteiger partial charge in [-0.2, -0.15) is 0 Å². The van der Waals surface area contributed by atoms with Crippen molar-refractivity contribution in [2.24, 2.45) is 0 Å². The molecule has 1 aromatic rings. The van der Waals surface area contributed by atoms with E-state index in [4.69, 9.17) is 4.74 Å². The number of benzene rings is 1. The van der Waals surface area contributed by atoms with Crippen LogP contribution in [0.3, 0.4) is 0 Å². The molecule has 1 aromatic carbocycles. The molecular formula is C13H18N2O2. The molecule has 0 saturated carbocycles. The van der Waals surface area contributed by atoms with Gasteiger partial charge in [-0.1, -0.05) is 18.2 Å². The molecule has 0 unspecified atom stereocenters. The molecule has 4 nitrogen and oxygen atoms in total. The van der Waals surface area contributed by atoms with Crippen molar-refractivity contribution in [2.45, 2.75) is 18.9 Å². The summed E-state index contributed by atoms with van der Waals surface area (Å²) in [6.45, 7) is 1.86. The van der Waals surface area contributed by atoms with E-state index in [1.54, 1.807) is 7.11 Å². The lowest BCUT2D eigenvalue weighted by Gasteiger charge is -2.12. The molecule has 1 saturated heterocycles. The number of para-hydroxylation sites is 1. The maximum atomic E-state index is 11.8. The minimum Gasteiger partial charge on any atom is -0.496 e. The summed E-state index contributed by atoms with van der Waals surface area (Å²) < 4.78 is 5.22. The second-order valence-corrected chi connectivity index (χ2v) is 4.25. The molecule has 17 heavy (non-hydrogen) atoms. The van der Waals surface area contributed by atoms with E-state index in [1.807, 2.05) is 24.3 Å². The number of amides is 1. The molecule has 0 spiro atoms. The van der Waals surface area contributed by atoms with Gasteiger partial charge in [0.2, 0.25) is 5.91 Å². The highest BCUT2D eigenvalue weighted by molar-refractivity contribution is 5.79. The van der Waals surface area contributed by atoms with Crippen LogP contribution >= 0.6 is 0 Å². The molecule has 92 valence electrons. The zero-order chi connectivity index (χ0) is 12.1. The number of ether oxygens (including phenoxy) is 1. The van der Waals surface area contributed by atoms with Crippen molar-refractivity contribution in [2.75, 3.05) is 20.2 Å². The molecule has 2 rings (SSSR count). The number of carbonyl (C=O) groups is 1. The highest BCUT2D eigenvalue weighted by atomic mass is 16.5. The van der Waals surface area contributed by atoms with Gasteiger partial charge in [-0.25, -0.2) is 0 Å². The maximum Gasteiger partial charge on any atom is 0.224 e. The third-order valence-electron chi connectivity index (χ3n) is 2.97. The van der Waals surface area contributed by atoms with Crippen molar-refractivity contribution in [1.29, 1.82) is 0 Å². The summed E-state index contributed by atoms with van der Waals surface area (Å²) in [5.41, 5.74) is 0.929. The van der Waals surface area contributed by atoms with Crippen molar-refractivity contribution in [3.05, 3.63) is 29.8 Å². The summed E-state index contributed by atoms with van der Waals surface area (Å²) in [7, 11) is 1.62. The average molecular weight is 234 g/mol. The summed E-state index contributed by atoms with van der Waals surface area (Å²) in [5, 5.41) is 6.25. The van der Waals surface area contributed by atoms with Crippen LogP contribution in [0.25, 0.3) is 0 Å². The van der Waals surface area contributed by atoms with E-state index in [9.17, 15) is 4.79 Å². The van der Waals surface area contributed by atoms with E-state index in [1.165, 1.54) is 0 Å². The fraction of sp³-hybridized carbons (Fsp3) is 0.462. The van der Waals surface area contributed by atoms with Crippen LogP contribution in [-0.2, 0) is 11.2 Å². The molecule has 1 aliphatic rings. The fourth-order valence-electron chi connectivity index (χ4n) is 2.08. The second kappa shape index (κ2) is 5.68. The molecule has 0 aromatic heterocycles. The first kappa shape index (κ1) is 11.9. The normalized spacial score (nSPS) is 19.0. The number of methoxy groups -OCH3 is 1. The van der Waals surface area contributed by atoms with Crippen molar-refractivity contribution in [1.82, 2.24) is 10.6 Å². The van der Waals surface area contributed by atoms with Gasteiger partial charge >= 0.3 is 0 Å². The van der Waals surface area contributed by atoms with E-state index < -0.39 is 0 Å². The van der Waals surface area contributed by atoms with E-state index in [2.05, 4.69) is 10.6 Å². The Kier molecular flexibility index (Phi) is 3.98. The Morgan fingerprint density at radius 3 is 3.06 bits per heavy atom. The van der Waals surface area contributed by atoms with Gasteiger partial charge in [-0.3, -0.25) is 4.79 Å².